The first-order chi connectivity index (χ1) is 4.83. The molecule has 0 fully saturated rings. The average Bonchev–Trinajstić information content (AvgIpc) is 1.95. The predicted molar refractivity (Wildman–Crippen MR) is 39.8 cm³/mol. The van der Waals surface area contributed by atoms with Crippen LogP contribution in [0, 0.1) is 5.92 Å². The second-order valence-electron chi connectivity index (χ2n) is 2.44. The number of hydrogen-bond donors (Lipinski definition) is 1. The molecule has 0 aliphatic heterocycles. The van der Waals surface area contributed by atoms with Gasteiger partial charge in [0.25, 0.3) is 0 Å². The van der Waals surface area contributed by atoms with Crippen LogP contribution >= 0.6 is 0 Å². The van der Waals surface area contributed by atoms with Crippen molar-refractivity contribution in [2.24, 2.45) is 5.92 Å². The summed E-state index contributed by atoms with van der Waals surface area (Å²) in [6.45, 7) is 0.736. The first-order valence-corrected chi connectivity index (χ1v) is 3.39. The molecule has 1 rings (SSSR count). The second-order valence-corrected chi connectivity index (χ2v) is 2.44. The Hall–Kier alpha value is -0.760. The molecule has 1 unspecified atom stereocenters. The molecule has 56 valence electrons. The Kier molecular flexibility index (Phi) is 2.51. The molecule has 0 aromatic carbocycles. The fourth-order valence-electron chi connectivity index (χ4n) is 0.991. The third-order valence-electron chi connectivity index (χ3n) is 1.55. The molecule has 1 atom stereocenters. The van der Waals surface area contributed by atoms with Gasteiger partial charge in [-0.2, -0.15) is 0 Å². The highest BCUT2D eigenvalue weighted by atomic mass is 16.5. The van der Waals surface area contributed by atoms with E-state index in [9.17, 15) is 0 Å². The van der Waals surface area contributed by atoms with Gasteiger partial charge in [-0.25, -0.2) is 0 Å². The largest absolute Gasteiger partial charge is 0.508 e. The minimum absolute atomic E-state index is 0.368. The molecule has 0 saturated heterocycles. The van der Waals surface area contributed by atoms with Gasteiger partial charge < -0.3 is 9.84 Å². The molecule has 0 bridgehead atoms. The minimum atomic E-state index is 0.368. The summed E-state index contributed by atoms with van der Waals surface area (Å²) in [4.78, 5) is 0. The number of methoxy groups -OCH3 is 1. The predicted octanol–water partition coefficient (Wildman–Crippen LogP) is 1.65. The van der Waals surface area contributed by atoms with Crippen molar-refractivity contribution >= 4 is 0 Å². The number of allylic oxidation sites excluding steroid dienone is 2. The van der Waals surface area contributed by atoms with Gasteiger partial charge in [-0.1, -0.05) is 6.08 Å². The highest BCUT2D eigenvalue weighted by molar-refractivity contribution is 5.16. The number of aliphatic hydroxyl groups excluding tert-OH is 1. The van der Waals surface area contributed by atoms with Crippen molar-refractivity contribution < 1.29 is 9.84 Å². The van der Waals surface area contributed by atoms with Gasteiger partial charge in [-0.05, 0) is 18.6 Å². The van der Waals surface area contributed by atoms with Gasteiger partial charge in [0.1, 0.15) is 5.76 Å². The highest BCUT2D eigenvalue weighted by Crippen LogP contribution is 2.14. The first-order valence-electron chi connectivity index (χ1n) is 3.39. The summed E-state index contributed by atoms with van der Waals surface area (Å²) in [5.74, 6) is 0.813. The zero-order chi connectivity index (χ0) is 7.40. The molecule has 10 heavy (non-hydrogen) atoms. The lowest BCUT2D eigenvalue weighted by Crippen LogP contribution is -2.06. The number of ether oxygens (including phenoxy) is 1. The lowest BCUT2D eigenvalue weighted by molar-refractivity contribution is 0.169. The maximum absolute atomic E-state index is 8.93. The van der Waals surface area contributed by atoms with E-state index >= 15 is 0 Å². The molecule has 0 aromatic rings. The molecular weight excluding hydrogens is 128 g/mol. The van der Waals surface area contributed by atoms with Crippen LogP contribution in [0.15, 0.2) is 24.0 Å². The molecule has 0 aromatic heterocycles. The molecule has 2 nitrogen and oxygen atoms in total. The summed E-state index contributed by atoms with van der Waals surface area (Å²) in [6.07, 6.45) is 6.38. The van der Waals surface area contributed by atoms with E-state index in [0.717, 1.165) is 13.0 Å². The molecule has 2 heteroatoms. The van der Waals surface area contributed by atoms with Crippen LogP contribution in [-0.2, 0) is 4.74 Å². The van der Waals surface area contributed by atoms with Gasteiger partial charge in [0.2, 0.25) is 0 Å². The van der Waals surface area contributed by atoms with Gasteiger partial charge in [0.15, 0.2) is 0 Å². The molecule has 0 saturated carbocycles. The van der Waals surface area contributed by atoms with Crippen molar-refractivity contribution in [1.82, 2.24) is 0 Å². The Morgan fingerprint density at radius 3 is 3.10 bits per heavy atom. The van der Waals surface area contributed by atoms with Crippen molar-refractivity contribution in [3.05, 3.63) is 24.0 Å². The molecule has 0 spiro atoms. The monoisotopic (exact) mass is 140 g/mol. The van der Waals surface area contributed by atoms with Gasteiger partial charge in [0.05, 0.1) is 6.61 Å². The van der Waals surface area contributed by atoms with E-state index in [-0.39, 0.29) is 0 Å². The van der Waals surface area contributed by atoms with E-state index in [1.807, 2.05) is 12.2 Å². The van der Waals surface area contributed by atoms with Crippen LogP contribution < -0.4 is 0 Å². The Morgan fingerprint density at radius 2 is 2.60 bits per heavy atom. The second kappa shape index (κ2) is 3.42. The average molecular weight is 140 g/mol. The van der Waals surface area contributed by atoms with E-state index in [1.165, 1.54) is 0 Å². The minimum Gasteiger partial charge on any atom is -0.508 e. The van der Waals surface area contributed by atoms with Crippen LogP contribution in [0.25, 0.3) is 0 Å². The standard InChI is InChI=1S/C8H12O2/c1-10-6-7-2-4-8(9)5-3-7/h2,4-5,7,9H,3,6H2,1H3. The van der Waals surface area contributed by atoms with Crippen molar-refractivity contribution in [2.45, 2.75) is 6.42 Å². The lowest BCUT2D eigenvalue weighted by Gasteiger charge is -2.11. The van der Waals surface area contributed by atoms with Crippen molar-refractivity contribution in [1.29, 1.82) is 0 Å². The van der Waals surface area contributed by atoms with Gasteiger partial charge in [0, 0.05) is 13.0 Å². The van der Waals surface area contributed by atoms with Gasteiger partial charge in [-0.3, -0.25) is 0 Å². The Bertz CT molecular complexity index is 159. The molecule has 0 heterocycles. The van der Waals surface area contributed by atoms with E-state index in [1.54, 1.807) is 13.2 Å². The van der Waals surface area contributed by atoms with Crippen LogP contribution in [0.1, 0.15) is 6.42 Å². The molecule has 1 N–H and O–H groups in total. The van der Waals surface area contributed by atoms with Crippen LogP contribution in [0.5, 0.6) is 0 Å². The number of aliphatic hydroxyl groups is 1. The summed E-state index contributed by atoms with van der Waals surface area (Å²) in [5.41, 5.74) is 0. The Balaban J connectivity index is 2.37. The first kappa shape index (κ1) is 7.35. The normalized spacial score (nSPS) is 24.5. The van der Waals surface area contributed by atoms with Gasteiger partial charge in [-0.15, -0.1) is 0 Å². The number of rotatable bonds is 2. The zero-order valence-corrected chi connectivity index (χ0v) is 6.08. The van der Waals surface area contributed by atoms with Crippen molar-refractivity contribution in [2.75, 3.05) is 13.7 Å². The summed E-state index contributed by atoms with van der Waals surface area (Å²) in [7, 11) is 1.69. The molecule has 0 amide bonds. The van der Waals surface area contributed by atoms with Crippen LogP contribution in [0.4, 0.5) is 0 Å². The zero-order valence-electron chi connectivity index (χ0n) is 6.08. The SMILES string of the molecule is COCC1C=CC(O)=CC1. The maximum Gasteiger partial charge on any atom is 0.111 e. The van der Waals surface area contributed by atoms with Gasteiger partial charge >= 0.3 is 0 Å². The summed E-state index contributed by atoms with van der Waals surface area (Å²) in [6, 6.07) is 0. The van der Waals surface area contributed by atoms with E-state index in [0.29, 0.717) is 11.7 Å². The molecular formula is C8H12O2. The Labute approximate surface area is 60.8 Å². The van der Waals surface area contributed by atoms with E-state index in [4.69, 9.17) is 9.84 Å². The molecule has 1 aliphatic carbocycles. The van der Waals surface area contributed by atoms with E-state index < -0.39 is 0 Å². The Morgan fingerprint density at radius 1 is 1.80 bits per heavy atom. The fraction of sp³-hybridized carbons (Fsp3) is 0.500. The molecule has 1 aliphatic rings. The summed E-state index contributed by atoms with van der Waals surface area (Å²) >= 11 is 0. The molecule has 0 radical (unpaired) electrons. The highest BCUT2D eigenvalue weighted by Gasteiger charge is 2.06. The lowest BCUT2D eigenvalue weighted by atomic mass is 10.0. The topological polar surface area (TPSA) is 29.5 Å². The summed E-state index contributed by atoms with van der Waals surface area (Å²) in [5, 5.41) is 8.93. The fourth-order valence-corrected chi connectivity index (χ4v) is 0.991. The third kappa shape index (κ3) is 1.88. The number of hydrogen-bond acceptors (Lipinski definition) is 2. The third-order valence-corrected chi connectivity index (χ3v) is 1.55. The van der Waals surface area contributed by atoms with Crippen LogP contribution in [-0.4, -0.2) is 18.8 Å². The van der Waals surface area contributed by atoms with Crippen LogP contribution in [0.3, 0.4) is 0 Å². The maximum atomic E-state index is 8.93. The van der Waals surface area contributed by atoms with E-state index in [2.05, 4.69) is 0 Å². The summed E-state index contributed by atoms with van der Waals surface area (Å²) < 4.78 is 4.95. The quantitative estimate of drug-likeness (QED) is 0.632. The smallest absolute Gasteiger partial charge is 0.111 e. The van der Waals surface area contributed by atoms with Crippen molar-refractivity contribution in [3.63, 3.8) is 0 Å². The van der Waals surface area contributed by atoms with Crippen LogP contribution in [0.2, 0.25) is 0 Å². The van der Waals surface area contributed by atoms with Crippen molar-refractivity contribution in [3.8, 4) is 0 Å².